The standard InChI is InChI=1S/C9H10ClNO/c1-2-3-4-8(11)7-5-6-12-9(7)10/h1,5-6,8H,3-4,11H2. The number of hydrogen-bond donors (Lipinski definition) is 1. The summed E-state index contributed by atoms with van der Waals surface area (Å²) >= 11 is 5.72. The van der Waals surface area contributed by atoms with Gasteiger partial charge in [-0.15, -0.1) is 12.3 Å². The van der Waals surface area contributed by atoms with Crippen LogP contribution in [0.4, 0.5) is 0 Å². The molecule has 0 saturated carbocycles. The summed E-state index contributed by atoms with van der Waals surface area (Å²) in [5.41, 5.74) is 6.61. The monoisotopic (exact) mass is 183 g/mol. The molecule has 0 aliphatic heterocycles. The van der Waals surface area contributed by atoms with E-state index in [1.165, 1.54) is 6.26 Å². The van der Waals surface area contributed by atoms with E-state index in [1.54, 1.807) is 6.07 Å². The Kier molecular flexibility index (Phi) is 3.21. The fourth-order valence-electron chi connectivity index (χ4n) is 0.964. The van der Waals surface area contributed by atoms with Crippen molar-refractivity contribution in [2.24, 2.45) is 5.73 Å². The molecular formula is C9H10ClNO. The van der Waals surface area contributed by atoms with Gasteiger partial charge in [0.05, 0.1) is 6.26 Å². The summed E-state index contributed by atoms with van der Waals surface area (Å²) in [7, 11) is 0. The smallest absolute Gasteiger partial charge is 0.197 e. The first-order valence-electron chi connectivity index (χ1n) is 3.67. The van der Waals surface area contributed by atoms with Gasteiger partial charge in [-0.1, -0.05) is 0 Å². The van der Waals surface area contributed by atoms with Gasteiger partial charge < -0.3 is 10.2 Å². The molecule has 0 aliphatic rings. The van der Waals surface area contributed by atoms with Crippen molar-refractivity contribution in [3.05, 3.63) is 23.1 Å². The molecule has 2 nitrogen and oxygen atoms in total. The molecule has 1 unspecified atom stereocenters. The van der Waals surface area contributed by atoms with Crippen molar-refractivity contribution < 1.29 is 4.42 Å². The molecule has 1 atom stereocenters. The van der Waals surface area contributed by atoms with E-state index in [0.29, 0.717) is 11.6 Å². The molecule has 0 radical (unpaired) electrons. The number of furan rings is 1. The Morgan fingerprint density at radius 2 is 2.50 bits per heavy atom. The molecule has 0 aliphatic carbocycles. The van der Waals surface area contributed by atoms with Crippen LogP contribution in [0.15, 0.2) is 16.7 Å². The van der Waals surface area contributed by atoms with E-state index in [-0.39, 0.29) is 6.04 Å². The van der Waals surface area contributed by atoms with Gasteiger partial charge in [0.25, 0.3) is 0 Å². The van der Waals surface area contributed by atoms with Crippen LogP contribution < -0.4 is 5.73 Å². The molecule has 1 rings (SSSR count). The maximum absolute atomic E-state index is 5.79. The fourth-order valence-corrected chi connectivity index (χ4v) is 1.22. The van der Waals surface area contributed by atoms with Gasteiger partial charge in [-0.05, 0) is 24.1 Å². The summed E-state index contributed by atoms with van der Waals surface area (Å²) in [6, 6.07) is 1.65. The largest absolute Gasteiger partial charge is 0.453 e. The van der Waals surface area contributed by atoms with Crippen molar-refractivity contribution in [3.8, 4) is 12.3 Å². The van der Waals surface area contributed by atoms with Gasteiger partial charge >= 0.3 is 0 Å². The highest BCUT2D eigenvalue weighted by Gasteiger charge is 2.11. The van der Waals surface area contributed by atoms with Crippen LogP contribution in [0.5, 0.6) is 0 Å². The van der Waals surface area contributed by atoms with E-state index < -0.39 is 0 Å². The molecule has 0 spiro atoms. The average molecular weight is 184 g/mol. The number of terminal acetylenes is 1. The van der Waals surface area contributed by atoms with Crippen molar-refractivity contribution in [1.82, 2.24) is 0 Å². The van der Waals surface area contributed by atoms with Gasteiger partial charge in [-0.3, -0.25) is 0 Å². The number of nitrogens with two attached hydrogens (primary N) is 1. The first-order valence-corrected chi connectivity index (χ1v) is 4.05. The van der Waals surface area contributed by atoms with Crippen molar-refractivity contribution in [2.75, 3.05) is 0 Å². The zero-order chi connectivity index (χ0) is 8.97. The Morgan fingerprint density at radius 1 is 1.75 bits per heavy atom. The van der Waals surface area contributed by atoms with Crippen LogP contribution in [-0.2, 0) is 0 Å². The molecular weight excluding hydrogens is 174 g/mol. The van der Waals surface area contributed by atoms with Gasteiger partial charge in [0.2, 0.25) is 0 Å². The highest BCUT2D eigenvalue weighted by atomic mass is 35.5. The Balaban J connectivity index is 2.60. The van der Waals surface area contributed by atoms with E-state index in [1.807, 2.05) is 0 Å². The van der Waals surface area contributed by atoms with E-state index >= 15 is 0 Å². The van der Waals surface area contributed by atoms with Crippen LogP contribution in [0.3, 0.4) is 0 Å². The average Bonchev–Trinajstić information content (AvgIpc) is 2.47. The normalized spacial score (nSPS) is 12.4. The Bertz CT molecular complexity index is 287. The van der Waals surface area contributed by atoms with E-state index in [0.717, 1.165) is 12.0 Å². The van der Waals surface area contributed by atoms with Crippen LogP contribution in [0.2, 0.25) is 5.22 Å². The lowest BCUT2D eigenvalue weighted by atomic mass is 10.1. The van der Waals surface area contributed by atoms with E-state index in [2.05, 4.69) is 5.92 Å². The highest BCUT2D eigenvalue weighted by Crippen LogP contribution is 2.24. The third-order valence-corrected chi connectivity index (χ3v) is 1.95. The molecule has 12 heavy (non-hydrogen) atoms. The maximum Gasteiger partial charge on any atom is 0.197 e. The van der Waals surface area contributed by atoms with Crippen LogP contribution in [0.1, 0.15) is 24.4 Å². The third kappa shape index (κ3) is 2.04. The molecule has 0 aromatic carbocycles. The predicted octanol–water partition coefficient (Wildman–Crippen LogP) is 2.35. The Labute approximate surface area is 76.7 Å². The SMILES string of the molecule is C#CCCC(N)c1ccoc1Cl. The van der Waals surface area contributed by atoms with Crippen LogP contribution >= 0.6 is 11.6 Å². The molecule has 64 valence electrons. The van der Waals surface area contributed by atoms with Crippen molar-refractivity contribution in [1.29, 1.82) is 0 Å². The lowest BCUT2D eigenvalue weighted by Gasteiger charge is -2.06. The van der Waals surface area contributed by atoms with Crippen molar-refractivity contribution >= 4 is 11.6 Å². The zero-order valence-corrected chi connectivity index (χ0v) is 7.34. The topological polar surface area (TPSA) is 39.2 Å². The number of rotatable bonds is 3. The summed E-state index contributed by atoms with van der Waals surface area (Å²) in [5, 5.41) is 0.361. The van der Waals surface area contributed by atoms with Crippen molar-refractivity contribution in [3.63, 3.8) is 0 Å². The summed E-state index contributed by atoms with van der Waals surface area (Å²) < 4.78 is 4.90. The lowest BCUT2D eigenvalue weighted by molar-refractivity contribution is 0.557. The van der Waals surface area contributed by atoms with Gasteiger partial charge in [0, 0.05) is 18.0 Å². The third-order valence-electron chi connectivity index (χ3n) is 1.65. The zero-order valence-electron chi connectivity index (χ0n) is 6.59. The second-order valence-electron chi connectivity index (χ2n) is 2.50. The molecule has 1 heterocycles. The Hall–Kier alpha value is -0.910. The van der Waals surface area contributed by atoms with Gasteiger partial charge in [0.15, 0.2) is 5.22 Å². The van der Waals surface area contributed by atoms with Gasteiger partial charge in [-0.25, -0.2) is 0 Å². The maximum atomic E-state index is 5.79. The number of halogens is 1. The van der Waals surface area contributed by atoms with E-state index in [4.69, 9.17) is 28.2 Å². The molecule has 0 saturated heterocycles. The number of hydrogen-bond acceptors (Lipinski definition) is 2. The Morgan fingerprint density at radius 3 is 3.00 bits per heavy atom. The molecule has 1 aromatic heterocycles. The first-order chi connectivity index (χ1) is 5.75. The quantitative estimate of drug-likeness (QED) is 0.731. The minimum atomic E-state index is -0.118. The van der Waals surface area contributed by atoms with Crippen molar-refractivity contribution in [2.45, 2.75) is 18.9 Å². The molecule has 1 aromatic rings. The highest BCUT2D eigenvalue weighted by molar-refractivity contribution is 6.29. The fraction of sp³-hybridized carbons (Fsp3) is 0.333. The minimum absolute atomic E-state index is 0.118. The summed E-state index contributed by atoms with van der Waals surface area (Å²) in [5.74, 6) is 2.53. The molecule has 0 amide bonds. The van der Waals surface area contributed by atoms with Crippen LogP contribution in [-0.4, -0.2) is 0 Å². The molecule has 3 heteroatoms. The lowest BCUT2D eigenvalue weighted by Crippen LogP contribution is -2.09. The summed E-state index contributed by atoms with van der Waals surface area (Å²) in [6.07, 6.45) is 8.01. The van der Waals surface area contributed by atoms with Crippen LogP contribution in [0, 0.1) is 12.3 Å². The van der Waals surface area contributed by atoms with Gasteiger partial charge in [0.1, 0.15) is 0 Å². The minimum Gasteiger partial charge on any atom is -0.453 e. The molecule has 0 bridgehead atoms. The van der Waals surface area contributed by atoms with Crippen LogP contribution in [0.25, 0.3) is 0 Å². The predicted molar refractivity (Wildman–Crippen MR) is 48.7 cm³/mol. The second kappa shape index (κ2) is 4.20. The van der Waals surface area contributed by atoms with Gasteiger partial charge in [-0.2, -0.15) is 0 Å². The molecule has 2 N–H and O–H groups in total. The first kappa shape index (κ1) is 9.18. The second-order valence-corrected chi connectivity index (χ2v) is 2.84. The molecule has 0 fully saturated rings. The summed E-state index contributed by atoms with van der Waals surface area (Å²) in [4.78, 5) is 0. The summed E-state index contributed by atoms with van der Waals surface area (Å²) in [6.45, 7) is 0. The van der Waals surface area contributed by atoms with E-state index in [9.17, 15) is 0 Å².